The lowest BCUT2D eigenvalue weighted by atomic mass is 9.79. The van der Waals surface area contributed by atoms with Crippen molar-refractivity contribution in [2.24, 2.45) is 35.5 Å². The molecule has 0 aromatic rings. The van der Waals surface area contributed by atoms with E-state index in [1.54, 1.807) is 6.21 Å². The first-order chi connectivity index (χ1) is 9.90. The van der Waals surface area contributed by atoms with Crippen molar-refractivity contribution >= 4 is 6.21 Å². The zero-order valence-electron chi connectivity index (χ0n) is 15.1. The van der Waals surface area contributed by atoms with E-state index in [-0.39, 0.29) is 0 Å². The summed E-state index contributed by atoms with van der Waals surface area (Å²) in [6.45, 7) is 17.6. The van der Waals surface area contributed by atoms with Crippen LogP contribution < -0.4 is 0 Å². The van der Waals surface area contributed by atoms with Gasteiger partial charge in [-0.05, 0) is 54.6 Å². The van der Waals surface area contributed by atoms with Crippen molar-refractivity contribution < 1.29 is 0 Å². The fraction of sp³-hybridized carbons (Fsp3) is 0.750. The Hall–Kier alpha value is -0.850. The van der Waals surface area contributed by atoms with Gasteiger partial charge in [0.2, 0.25) is 0 Å². The Bertz CT molecular complexity index is 318. The Balaban J connectivity index is 4.92. The standard InChI is InChI=1S/C20H37N/c1-8-16(5)18(7)19(10-3)11-12-20(17(6)9-2)13-15(4)14-21/h9,11-12,14-21H,2,8,10,13H2,1,3-7H3. The molecule has 0 saturated heterocycles. The second-order valence-electron chi connectivity index (χ2n) is 6.84. The molecule has 1 nitrogen and oxygen atoms in total. The van der Waals surface area contributed by atoms with Crippen molar-refractivity contribution in [2.75, 3.05) is 0 Å². The van der Waals surface area contributed by atoms with Crippen molar-refractivity contribution in [2.45, 2.75) is 60.8 Å². The van der Waals surface area contributed by atoms with E-state index < -0.39 is 0 Å². The van der Waals surface area contributed by atoms with E-state index in [9.17, 15) is 0 Å². The lowest BCUT2D eigenvalue weighted by Crippen LogP contribution is -2.17. The van der Waals surface area contributed by atoms with Crippen LogP contribution in [0, 0.1) is 40.9 Å². The summed E-state index contributed by atoms with van der Waals surface area (Å²) in [5.41, 5.74) is 0. The van der Waals surface area contributed by atoms with Crippen LogP contribution in [0.4, 0.5) is 0 Å². The maximum Gasteiger partial charge on any atom is -0.00193 e. The molecular formula is C20H37N. The molecule has 0 bridgehead atoms. The van der Waals surface area contributed by atoms with E-state index in [0.29, 0.717) is 23.7 Å². The molecule has 1 heteroatoms. The molecule has 0 spiro atoms. The lowest BCUT2D eigenvalue weighted by molar-refractivity contribution is 0.289. The zero-order valence-corrected chi connectivity index (χ0v) is 15.1. The summed E-state index contributed by atoms with van der Waals surface area (Å²) < 4.78 is 0. The van der Waals surface area contributed by atoms with Crippen molar-refractivity contribution in [3.63, 3.8) is 0 Å². The normalized spacial score (nSPS) is 20.5. The molecule has 0 aromatic heterocycles. The molecule has 0 aliphatic heterocycles. The molecule has 0 saturated carbocycles. The molecule has 0 radical (unpaired) electrons. The minimum absolute atomic E-state index is 0.342. The van der Waals surface area contributed by atoms with Gasteiger partial charge in [0, 0.05) is 0 Å². The molecule has 122 valence electrons. The van der Waals surface area contributed by atoms with E-state index >= 15 is 0 Å². The molecule has 0 amide bonds. The summed E-state index contributed by atoms with van der Waals surface area (Å²) in [6, 6.07) is 0. The summed E-state index contributed by atoms with van der Waals surface area (Å²) in [4.78, 5) is 0. The van der Waals surface area contributed by atoms with E-state index in [4.69, 9.17) is 5.41 Å². The van der Waals surface area contributed by atoms with Crippen LogP contribution in [0.1, 0.15) is 60.8 Å². The number of hydrogen-bond acceptors (Lipinski definition) is 1. The van der Waals surface area contributed by atoms with Gasteiger partial charge in [0.1, 0.15) is 0 Å². The van der Waals surface area contributed by atoms with Gasteiger partial charge in [0.15, 0.2) is 0 Å². The molecular weight excluding hydrogens is 254 g/mol. The van der Waals surface area contributed by atoms with Crippen LogP contribution in [0.2, 0.25) is 0 Å². The summed E-state index contributed by atoms with van der Waals surface area (Å²) in [7, 11) is 0. The third-order valence-corrected chi connectivity index (χ3v) is 5.27. The smallest absolute Gasteiger partial charge is 0.00193 e. The largest absolute Gasteiger partial charge is 0.313 e. The lowest BCUT2D eigenvalue weighted by Gasteiger charge is -2.26. The molecule has 1 N–H and O–H groups in total. The summed E-state index contributed by atoms with van der Waals surface area (Å²) in [5, 5.41) is 7.43. The highest BCUT2D eigenvalue weighted by Crippen LogP contribution is 2.29. The van der Waals surface area contributed by atoms with Gasteiger partial charge < -0.3 is 5.41 Å². The Morgan fingerprint density at radius 1 is 0.952 bits per heavy atom. The highest BCUT2D eigenvalue weighted by molar-refractivity contribution is 5.56. The number of nitrogens with one attached hydrogen (secondary N) is 1. The van der Waals surface area contributed by atoms with Gasteiger partial charge >= 0.3 is 0 Å². The van der Waals surface area contributed by atoms with Crippen LogP contribution in [-0.4, -0.2) is 6.21 Å². The number of rotatable bonds is 11. The van der Waals surface area contributed by atoms with Crippen molar-refractivity contribution in [1.29, 1.82) is 5.41 Å². The topological polar surface area (TPSA) is 23.9 Å². The molecule has 0 fully saturated rings. The number of allylic oxidation sites excluding steroid dienone is 3. The molecule has 6 unspecified atom stereocenters. The summed E-state index contributed by atoms with van der Waals surface area (Å²) in [5.74, 6) is 3.48. The van der Waals surface area contributed by atoms with Crippen LogP contribution in [0.3, 0.4) is 0 Å². The van der Waals surface area contributed by atoms with Crippen LogP contribution >= 0.6 is 0 Å². The van der Waals surface area contributed by atoms with Crippen molar-refractivity contribution in [1.82, 2.24) is 0 Å². The van der Waals surface area contributed by atoms with Crippen molar-refractivity contribution in [3.05, 3.63) is 24.8 Å². The minimum Gasteiger partial charge on any atom is -0.313 e. The van der Waals surface area contributed by atoms with Gasteiger partial charge in [-0.25, -0.2) is 0 Å². The molecule has 0 aliphatic rings. The monoisotopic (exact) mass is 291 g/mol. The average molecular weight is 292 g/mol. The third kappa shape index (κ3) is 7.11. The van der Waals surface area contributed by atoms with E-state index in [1.165, 1.54) is 12.8 Å². The second-order valence-corrected chi connectivity index (χ2v) is 6.84. The van der Waals surface area contributed by atoms with Gasteiger partial charge in [0.25, 0.3) is 0 Å². The van der Waals surface area contributed by atoms with Gasteiger partial charge in [-0.2, -0.15) is 0 Å². The maximum atomic E-state index is 7.43. The van der Waals surface area contributed by atoms with E-state index in [1.807, 2.05) is 6.08 Å². The second kappa shape index (κ2) is 10.8. The summed E-state index contributed by atoms with van der Waals surface area (Å²) >= 11 is 0. The van der Waals surface area contributed by atoms with Gasteiger partial charge in [-0.15, -0.1) is 6.58 Å². The first kappa shape index (κ1) is 20.1. The predicted octanol–water partition coefficient (Wildman–Crippen LogP) is 6.37. The zero-order chi connectivity index (χ0) is 16.4. The predicted molar refractivity (Wildman–Crippen MR) is 97.0 cm³/mol. The third-order valence-electron chi connectivity index (χ3n) is 5.27. The first-order valence-corrected chi connectivity index (χ1v) is 8.72. The Morgan fingerprint density at radius 2 is 1.52 bits per heavy atom. The molecule has 0 aliphatic carbocycles. The number of hydrogen-bond donors (Lipinski definition) is 1. The van der Waals surface area contributed by atoms with Gasteiger partial charge in [-0.3, -0.25) is 0 Å². The Labute approximate surface area is 133 Å². The molecule has 0 heterocycles. The fourth-order valence-corrected chi connectivity index (χ4v) is 2.90. The van der Waals surface area contributed by atoms with Gasteiger partial charge in [-0.1, -0.05) is 66.2 Å². The average Bonchev–Trinajstić information content (AvgIpc) is 2.51. The van der Waals surface area contributed by atoms with Crippen molar-refractivity contribution in [3.8, 4) is 0 Å². The first-order valence-electron chi connectivity index (χ1n) is 8.72. The quantitative estimate of drug-likeness (QED) is 0.338. The molecule has 0 rings (SSSR count). The van der Waals surface area contributed by atoms with Crippen LogP contribution in [0.5, 0.6) is 0 Å². The highest BCUT2D eigenvalue weighted by atomic mass is 14.3. The van der Waals surface area contributed by atoms with E-state index in [2.05, 4.69) is 60.3 Å². The van der Waals surface area contributed by atoms with E-state index in [0.717, 1.165) is 18.3 Å². The molecule has 6 atom stereocenters. The molecule has 0 aromatic carbocycles. The Kier molecular flexibility index (Phi) is 10.4. The Morgan fingerprint density at radius 3 is 1.95 bits per heavy atom. The minimum atomic E-state index is 0.342. The van der Waals surface area contributed by atoms with Gasteiger partial charge in [0.05, 0.1) is 0 Å². The molecule has 21 heavy (non-hydrogen) atoms. The van der Waals surface area contributed by atoms with Crippen LogP contribution in [-0.2, 0) is 0 Å². The SMILES string of the molecule is C=CC(C)C(C=CC(CC)C(C)C(C)CC)CC(C)C=N. The highest BCUT2D eigenvalue weighted by Gasteiger charge is 2.20. The summed E-state index contributed by atoms with van der Waals surface area (Å²) in [6.07, 6.45) is 12.0. The van der Waals surface area contributed by atoms with Crippen LogP contribution in [0.15, 0.2) is 24.8 Å². The fourth-order valence-electron chi connectivity index (χ4n) is 2.90. The van der Waals surface area contributed by atoms with Crippen LogP contribution in [0.25, 0.3) is 0 Å². The maximum absolute atomic E-state index is 7.43.